The van der Waals surface area contributed by atoms with Gasteiger partial charge in [0.1, 0.15) is 11.5 Å². The molecule has 23 heavy (non-hydrogen) atoms. The van der Waals surface area contributed by atoms with E-state index in [9.17, 15) is 4.79 Å². The third kappa shape index (κ3) is 5.75. The molecule has 128 valence electrons. The zero-order valence-electron chi connectivity index (χ0n) is 14.2. The summed E-state index contributed by atoms with van der Waals surface area (Å²) in [5, 5.41) is 3.26. The second-order valence-corrected chi connectivity index (χ2v) is 5.82. The Hall–Kier alpha value is -1.75. The number of piperidine rings is 1. The van der Waals surface area contributed by atoms with Crippen molar-refractivity contribution in [2.45, 2.75) is 38.6 Å². The molecule has 1 aromatic rings. The molecule has 1 aliphatic heterocycles. The van der Waals surface area contributed by atoms with E-state index in [-0.39, 0.29) is 5.91 Å². The van der Waals surface area contributed by atoms with E-state index >= 15 is 0 Å². The summed E-state index contributed by atoms with van der Waals surface area (Å²) in [5.41, 5.74) is 0. The first-order valence-electron chi connectivity index (χ1n) is 8.53. The Morgan fingerprint density at radius 3 is 2.61 bits per heavy atom. The zero-order valence-corrected chi connectivity index (χ0v) is 14.2. The molecule has 1 saturated heterocycles. The molecule has 1 N–H and O–H groups in total. The largest absolute Gasteiger partial charge is 0.494 e. The van der Waals surface area contributed by atoms with Gasteiger partial charge in [0, 0.05) is 25.6 Å². The van der Waals surface area contributed by atoms with Crippen LogP contribution in [0.3, 0.4) is 0 Å². The van der Waals surface area contributed by atoms with E-state index in [0.717, 1.165) is 43.9 Å². The SMILES string of the molecule is CCOc1ccc(OCCCC(=O)N2CCCC(NC)C2)cc1. The number of hydrogen-bond donors (Lipinski definition) is 1. The lowest BCUT2D eigenvalue weighted by atomic mass is 10.1. The van der Waals surface area contributed by atoms with Crippen LogP contribution in [0.4, 0.5) is 0 Å². The fraction of sp³-hybridized carbons (Fsp3) is 0.611. The van der Waals surface area contributed by atoms with Gasteiger partial charge in [-0.1, -0.05) is 0 Å². The Morgan fingerprint density at radius 1 is 1.26 bits per heavy atom. The van der Waals surface area contributed by atoms with Gasteiger partial charge in [-0.3, -0.25) is 4.79 Å². The first-order valence-corrected chi connectivity index (χ1v) is 8.53. The van der Waals surface area contributed by atoms with E-state index < -0.39 is 0 Å². The molecule has 0 saturated carbocycles. The van der Waals surface area contributed by atoms with E-state index in [1.807, 2.05) is 43.1 Å². The minimum atomic E-state index is 0.236. The van der Waals surface area contributed by atoms with Crippen molar-refractivity contribution in [1.29, 1.82) is 0 Å². The molecule has 2 rings (SSSR count). The monoisotopic (exact) mass is 320 g/mol. The fourth-order valence-corrected chi connectivity index (χ4v) is 2.81. The summed E-state index contributed by atoms with van der Waals surface area (Å²) in [4.78, 5) is 14.2. The van der Waals surface area contributed by atoms with Crippen molar-refractivity contribution >= 4 is 5.91 Å². The number of likely N-dealkylation sites (tertiary alicyclic amines) is 1. The third-order valence-electron chi connectivity index (χ3n) is 4.12. The van der Waals surface area contributed by atoms with Crippen LogP contribution in [0.25, 0.3) is 0 Å². The lowest BCUT2D eigenvalue weighted by Gasteiger charge is -2.32. The molecule has 1 atom stereocenters. The highest BCUT2D eigenvalue weighted by Gasteiger charge is 2.21. The molecule has 1 fully saturated rings. The zero-order chi connectivity index (χ0) is 16.5. The van der Waals surface area contributed by atoms with Gasteiger partial charge in [0.2, 0.25) is 5.91 Å². The Morgan fingerprint density at radius 2 is 1.96 bits per heavy atom. The van der Waals surface area contributed by atoms with Gasteiger partial charge in [-0.25, -0.2) is 0 Å². The Labute approximate surface area is 139 Å². The van der Waals surface area contributed by atoms with Gasteiger partial charge in [0.15, 0.2) is 0 Å². The Kier molecular flexibility index (Phi) is 7.20. The first-order chi connectivity index (χ1) is 11.2. The highest BCUT2D eigenvalue weighted by atomic mass is 16.5. The maximum atomic E-state index is 12.2. The van der Waals surface area contributed by atoms with Crippen LogP contribution in [0.2, 0.25) is 0 Å². The molecular weight excluding hydrogens is 292 g/mol. The number of likely N-dealkylation sites (N-methyl/N-ethyl adjacent to an activating group) is 1. The van der Waals surface area contributed by atoms with Crippen LogP contribution in [0.1, 0.15) is 32.6 Å². The summed E-state index contributed by atoms with van der Waals surface area (Å²) < 4.78 is 11.1. The predicted molar refractivity (Wildman–Crippen MR) is 91.0 cm³/mol. The number of nitrogens with one attached hydrogen (secondary N) is 1. The smallest absolute Gasteiger partial charge is 0.222 e. The summed E-state index contributed by atoms with van der Waals surface area (Å²) in [7, 11) is 1.96. The van der Waals surface area contributed by atoms with Gasteiger partial charge in [-0.2, -0.15) is 0 Å². The second-order valence-electron chi connectivity index (χ2n) is 5.82. The van der Waals surface area contributed by atoms with Crippen LogP contribution < -0.4 is 14.8 Å². The molecule has 1 aliphatic rings. The number of carbonyl (C=O) groups excluding carboxylic acids is 1. The maximum Gasteiger partial charge on any atom is 0.222 e. The van der Waals surface area contributed by atoms with Crippen LogP contribution >= 0.6 is 0 Å². The van der Waals surface area contributed by atoms with Gasteiger partial charge in [-0.15, -0.1) is 0 Å². The lowest BCUT2D eigenvalue weighted by Crippen LogP contribution is -2.46. The number of carbonyl (C=O) groups is 1. The van der Waals surface area contributed by atoms with E-state index in [1.165, 1.54) is 0 Å². The number of hydrogen-bond acceptors (Lipinski definition) is 4. The van der Waals surface area contributed by atoms with Gasteiger partial charge in [0.25, 0.3) is 0 Å². The number of rotatable bonds is 8. The Balaban J connectivity index is 1.65. The van der Waals surface area contributed by atoms with E-state index in [4.69, 9.17) is 9.47 Å². The van der Waals surface area contributed by atoms with Crippen LogP contribution in [0.5, 0.6) is 11.5 Å². The minimum absolute atomic E-state index is 0.236. The third-order valence-corrected chi connectivity index (χ3v) is 4.12. The molecule has 1 heterocycles. The van der Waals surface area contributed by atoms with E-state index in [0.29, 0.717) is 25.7 Å². The minimum Gasteiger partial charge on any atom is -0.494 e. The summed E-state index contributed by atoms with van der Waals surface area (Å²) in [6.45, 7) is 4.89. The van der Waals surface area contributed by atoms with Crippen LogP contribution in [0, 0.1) is 0 Å². The first kappa shape index (κ1) is 17.6. The van der Waals surface area contributed by atoms with Crippen LogP contribution in [-0.4, -0.2) is 50.2 Å². The molecule has 0 spiro atoms. The second kappa shape index (κ2) is 9.40. The van der Waals surface area contributed by atoms with Crippen molar-refractivity contribution in [3.05, 3.63) is 24.3 Å². The molecule has 5 heteroatoms. The topological polar surface area (TPSA) is 50.8 Å². The summed E-state index contributed by atoms with van der Waals surface area (Å²) in [5.74, 6) is 1.90. The Bertz CT molecular complexity index is 476. The average molecular weight is 320 g/mol. The van der Waals surface area contributed by atoms with Gasteiger partial charge >= 0.3 is 0 Å². The molecular formula is C18H28N2O3. The number of benzene rings is 1. The normalized spacial score (nSPS) is 17.8. The predicted octanol–water partition coefficient (Wildman–Crippen LogP) is 2.45. The molecule has 0 aliphatic carbocycles. The standard InChI is InChI=1S/C18H28N2O3/c1-3-22-16-8-10-17(11-9-16)23-13-5-7-18(21)20-12-4-6-15(14-20)19-2/h8-11,15,19H,3-7,12-14H2,1-2H3. The number of nitrogens with zero attached hydrogens (tertiary/aromatic N) is 1. The van der Waals surface area contributed by atoms with E-state index in [1.54, 1.807) is 0 Å². The van der Waals surface area contributed by atoms with Crippen molar-refractivity contribution in [3.63, 3.8) is 0 Å². The molecule has 0 bridgehead atoms. The van der Waals surface area contributed by atoms with Crippen molar-refractivity contribution < 1.29 is 14.3 Å². The van der Waals surface area contributed by atoms with Crippen molar-refractivity contribution in [1.82, 2.24) is 10.2 Å². The molecule has 1 unspecified atom stereocenters. The molecule has 0 aromatic heterocycles. The van der Waals surface area contributed by atoms with Crippen LogP contribution in [-0.2, 0) is 4.79 Å². The average Bonchev–Trinajstić information content (AvgIpc) is 2.60. The highest BCUT2D eigenvalue weighted by Crippen LogP contribution is 2.18. The van der Waals surface area contributed by atoms with Crippen LogP contribution in [0.15, 0.2) is 24.3 Å². The lowest BCUT2D eigenvalue weighted by molar-refractivity contribution is -0.132. The maximum absolute atomic E-state index is 12.2. The molecule has 1 amide bonds. The molecule has 1 aromatic carbocycles. The summed E-state index contributed by atoms with van der Waals surface area (Å²) >= 11 is 0. The highest BCUT2D eigenvalue weighted by molar-refractivity contribution is 5.76. The number of amides is 1. The summed E-state index contributed by atoms with van der Waals surface area (Å²) in [6, 6.07) is 8.03. The number of ether oxygens (including phenoxy) is 2. The van der Waals surface area contributed by atoms with Gasteiger partial charge in [-0.05, 0) is 57.5 Å². The molecule has 5 nitrogen and oxygen atoms in total. The quantitative estimate of drug-likeness (QED) is 0.748. The van der Waals surface area contributed by atoms with Crippen molar-refractivity contribution in [3.8, 4) is 11.5 Å². The van der Waals surface area contributed by atoms with Crippen molar-refractivity contribution in [2.24, 2.45) is 0 Å². The summed E-state index contributed by atoms with van der Waals surface area (Å²) in [6.07, 6.45) is 3.53. The van der Waals surface area contributed by atoms with Crippen molar-refractivity contribution in [2.75, 3.05) is 33.4 Å². The van der Waals surface area contributed by atoms with Gasteiger partial charge in [0.05, 0.1) is 13.2 Å². The van der Waals surface area contributed by atoms with E-state index in [2.05, 4.69) is 5.32 Å². The fourth-order valence-electron chi connectivity index (χ4n) is 2.81. The van der Waals surface area contributed by atoms with Gasteiger partial charge < -0.3 is 19.7 Å². The molecule has 0 radical (unpaired) electrons.